The molecule has 0 bridgehead atoms. The van der Waals surface area contributed by atoms with Crippen molar-refractivity contribution >= 4 is 21.8 Å². The summed E-state index contributed by atoms with van der Waals surface area (Å²) in [5.74, 6) is -0.405. The molecule has 0 N–H and O–H groups in total. The predicted molar refractivity (Wildman–Crippen MR) is 98.4 cm³/mol. The van der Waals surface area contributed by atoms with E-state index in [1.165, 1.54) is 9.21 Å². The number of piperazine rings is 1. The fraction of sp³-hybridized carbons (Fsp3) is 0.611. The maximum atomic E-state index is 12.9. The third-order valence-corrected chi connectivity index (χ3v) is 7.98. The number of nitrogens with zero attached hydrogens (tertiary/aromatic N) is 4. The summed E-state index contributed by atoms with van der Waals surface area (Å²) in [5.41, 5.74) is 0.351. The zero-order valence-electron chi connectivity index (χ0n) is 16.0. The zero-order chi connectivity index (χ0) is 20.1. The summed E-state index contributed by atoms with van der Waals surface area (Å²) < 4.78 is 32.2. The number of allylic oxidation sites excluding steroid dienone is 2. The summed E-state index contributed by atoms with van der Waals surface area (Å²) >= 11 is 0. The molecule has 2 amide bonds. The van der Waals surface area contributed by atoms with Gasteiger partial charge in [0, 0.05) is 26.2 Å². The van der Waals surface area contributed by atoms with Crippen molar-refractivity contribution in [3.05, 3.63) is 23.6 Å². The Hall–Kier alpha value is -2.04. The molecular weight excluding hydrogens is 384 g/mol. The van der Waals surface area contributed by atoms with Gasteiger partial charge in [0.25, 0.3) is 0 Å². The Labute approximate surface area is 164 Å². The molecule has 1 aliphatic carbocycles. The molecule has 1 aromatic heterocycles. The van der Waals surface area contributed by atoms with Crippen LogP contribution in [0.5, 0.6) is 0 Å². The van der Waals surface area contributed by atoms with Crippen molar-refractivity contribution in [1.29, 1.82) is 0 Å². The SMILES string of the molecule is Cc1noc(C)c1S(=O)(=O)N1CCN(CN2C(=O)[C@H]3CC=CC[C@@H]3C2=O)CC1. The average Bonchev–Trinajstić information content (AvgIpc) is 3.14. The Morgan fingerprint density at radius 2 is 1.61 bits per heavy atom. The number of rotatable bonds is 4. The average molecular weight is 408 g/mol. The van der Waals surface area contributed by atoms with E-state index >= 15 is 0 Å². The van der Waals surface area contributed by atoms with Crippen molar-refractivity contribution < 1.29 is 22.5 Å². The summed E-state index contributed by atoms with van der Waals surface area (Å²) in [6, 6.07) is 0. The monoisotopic (exact) mass is 408 g/mol. The molecule has 152 valence electrons. The number of hydrogen-bond acceptors (Lipinski definition) is 7. The van der Waals surface area contributed by atoms with Gasteiger partial charge in [-0.1, -0.05) is 17.3 Å². The molecule has 9 nitrogen and oxygen atoms in total. The minimum absolute atomic E-state index is 0.106. The summed E-state index contributed by atoms with van der Waals surface area (Å²) in [7, 11) is -3.67. The Morgan fingerprint density at radius 1 is 1.04 bits per heavy atom. The van der Waals surface area contributed by atoms with E-state index in [1.807, 2.05) is 17.1 Å². The van der Waals surface area contributed by atoms with E-state index in [0.717, 1.165) is 0 Å². The van der Waals surface area contributed by atoms with Crippen LogP contribution in [0.4, 0.5) is 0 Å². The van der Waals surface area contributed by atoms with Crippen molar-refractivity contribution in [2.24, 2.45) is 11.8 Å². The molecule has 3 heterocycles. The third kappa shape index (κ3) is 3.09. The van der Waals surface area contributed by atoms with Crippen molar-refractivity contribution in [1.82, 2.24) is 19.3 Å². The van der Waals surface area contributed by atoms with Crippen LogP contribution in [-0.2, 0) is 19.6 Å². The Kier molecular flexibility index (Phi) is 4.88. The highest BCUT2D eigenvalue weighted by molar-refractivity contribution is 7.89. The lowest BCUT2D eigenvalue weighted by Gasteiger charge is -2.35. The number of likely N-dealkylation sites (tertiary alicyclic amines) is 1. The molecule has 2 atom stereocenters. The second kappa shape index (κ2) is 7.09. The van der Waals surface area contributed by atoms with Crippen LogP contribution in [0.3, 0.4) is 0 Å². The Bertz CT molecular complexity index is 884. The lowest BCUT2D eigenvalue weighted by atomic mass is 9.85. The van der Waals surface area contributed by atoms with E-state index in [2.05, 4.69) is 5.16 Å². The molecule has 0 unspecified atom stereocenters. The van der Waals surface area contributed by atoms with Crippen molar-refractivity contribution in [3.63, 3.8) is 0 Å². The van der Waals surface area contributed by atoms with E-state index in [-0.39, 0.29) is 54.1 Å². The smallest absolute Gasteiger partial charge is 0.248 e. The lowest BCUT2D eigenvalue weighted by Crippen LogP contribution is -2.52. The summed E-state index contributed by atoms with van der Waals surface area (Å²) in [6.07, 6.45) is 5.17. The Morgan fingerprint density at radius 3 is 2.11 bits per heavy atom. The van der Waals surface area contributed by atoms with Gasteiger partial charge in [0.1, 0.15) is 10.6 Å². The van der Waals surface area contributed by atoms with Gasteiger partial charge in [0.2, 0.25) is 21.8 Å². The van der Waals surface area contributed by atoms with E-state index in [9.17, 15) is 18.0 Å². The van der Waals surface area contributed by atoms with Crippen LogP contribution in [0, 0.1) is 25.7 Å². The summed E-state index contributed by atoms with van der Waals surface area (Å²) in [5, 5.41) is 3.73. The molecule has 28 heavy (non-hydrogen) atoms. The highest BCUT2D eigenvalue weighted by atomic mass is 32.2. The van der Waals surface area contributed by atoms with Crippen LogP contribution in [0.2, 0.25) is 0 Å². The number of carbonyl (C=O) groups is 2. The molecule has 0 saturated carbocycles. The molecule has 4 rings (SSSR count). The quantitative estimate of drug-likeness (QED) is 0.528. The van der Waals surface area contributed by atoms with E-state index in [0.29, 0.717) is 31.6 Å². The number of fused-ring (bicyclic) bond motifs is 1. The van der Waals surface area contributed by atoms with Gasteiger partial charge in [0.05, 0.1) is 18.5 Å². The molecule has 0 aromatic carbocycles. The van der Waals surface area contributed by atoms with Gasteiger partial charge in [-0.15, -0.1) is 0 Å². The molecule has 2 aliphatic heterocycles. The minimum Gasteiger partial charge on any atom is -0.360 e. The molecule has 0 radical (unpaired) electrons. The first kappa shape index (κ1) is 19.3. The largest absolute Gasteiger partial charge is 0.360 e. The molecule has 10 heteroatoms. The number of aromatic nitrogens is 1. The van der Waals surface area contributed by atoms with E-state index < -0.39 is 10.0 Å². The van der Waals surface area contributed by atoms with Gasteiger partial charge in [-0.3, -0.25) is 19.4 Å². The fourth-order valence-corrected chi connectivity index (χ4v) is 6.00. The first-order chi connectivity index (χ1) is 13.3. The standard InChI is InChI=1S/C18H24N4O5S/c1-12-16(13(2)27-19-12)28(25,26)21-9-7-20(8-10-21)11-22-17(23)14-5-3-4-6-15(14)18(22)24/h3-4,14-15H,5-11H2,1-2H3/t14-,15-/m0/s1. The normalized spacial score (nSPS) is 26.9. The van der Waals surface area contributed by atoms with Gasteiger partial charge < -0.3 is 4.52 Å². The van der Waals surface area contributed by atoms with Gasteiger partial charge in [-0.05, 0) is 26.7 Å². The van der Waals surface area contributed by atoms with Crippen LogP contribution in [0.15, 0.2) is 21.6 Å². The first-order valence-corrected chi connectivity index (χ1v) is 10.9. The maximum Gasteiger partial charge on any atom is 0.248 e. The van der Waals surface area contributed by atoms with E-state index in [1.54, 1.807) is 13.8 Å². The van der Waals surface area contributed by atoms with Gasteiger partial charge in [-0.2, -0.15) is 4.31 Å². The highest BCUT2D eigenvalue weighted by Crippen LogP contribution is 2.35. The number of sulfonamides is 1. The van der Waals surface area contributed by atoms with Crippen molar-refractivity contribution in [3.8, 4) is 0 Å². The predicted octanol–water partition coefficient (Wildman–Crippen LogP) is 0.506. The molecule has 1 aromatic rings. The highest BCUT2D eigenvalue weighted by Gasteiger charge is 2.47. The molecular formula is C18H24N4O5S. The maximum absolute atomic E-state index is 12.9. The number of aryl methyl sites for hydroxylation is 2. The minimum atomic E-state index is -3.67. The summed E-state index contributed by atoms with van der Waals surface area (Å²) in [4.78, 5) is 28.6. The van der Waals surface area contributed by atoms with Crippen LogP contribution in [0.25, 0.3) is 0 Å². The summed E-state index contributed by atoms with van der Waals surface area (Å²) in [6.45, 7) is 4.90. The topological polar surface area (TPSA) is 104 Å². The second-order valence-corrected chi connectivity index (χ2v) is 9.45. The molecule has 0 spiro atoms. The first-order valence-electron chi connectivity index (χ1n) is 9.46. The molecule has 2 saturated heterocycles. The molecule has 3 aliphatic rings. The van der Waals surface area contributed by atoms with Gasteiger partial charge in [0.15, 0.2) is 5.76 Å². The van der Waals surface area contributed by atoms with Crippen LogP contribution in [0.1, 0.15) is 24.3 Å². The number of imide groups is 1. The zero-order valence-corrected chi connectivity index (χ0v) is 16.8. The van der Waals surface area contributed by atoms with Crippen LogP contribution < -0.4 is 0 Å². The van der Waals surface area contributed by atoms with Gasteiger partial charge in [-0.25, -0.2) is 8.42 Å². The third-order valence-electron chi connectivity index (χ3n) is 5.84. The van der Waals surface area contributed by atoms with Crippen molar-refractivity contribution in [2.75, 3.05) is 32.8 Å². The van der Waals surface area contributed by atoms with E-state index in [4.69, 9.17) is 4.52 Å². The lowest BCUT2D eigenvalue weighted by molar-refractivity contribution is -0.142. The number of carbonyl (C=O) groups excluding carboxylic acids is 2. The number of amides is 2. The van der Waals surface area contributed by atoms with Crippen LogP contribution >= 0.6 is 0 Å². The van der Waals surface area contributed by atoms with Gasteiger partial charge >= 0.3 is 0 Å². The number of hydrogen-bond donors (Lipinski definition) is 0. The Balaban J connectivity index is 1.40. The van der Waals surface area contributed by atoms with Crippen LogP contribution in [-0.4, -0.2) is 72.3 Å². The van der Waals surface area contributed by atoms with Crippen molar-refractivity contribution in [2.45, 2.75) is 31.6 Å². The second-order valence-electron chi connectivity index (χ2n) is 7.58. The molecule has 2 fully saturated rings. The fourth-order valence-electron chi connectivity index (χ4n) is 4.29.